The molecule has 2 heteroatoms. The predicted octanol–water partition coefficient (Wildman–Crippen LogP) is 4.43. The Hall–Kier alpha value is -0.550. The fourth-order valence-electron chi connectivity index (χ4n) is 4.55. The summed E-state index contributed by atoms with van der Waals surface area (Å²) in [5, 5.41) is 21.0. The van der Waals surface area contributed by atoms with Crippen molar-refractivity contribution in [3.05, 3.63) is 0 Å². The van der Waals surface area contributed by atoms with Crippen LogP contribution in [0.1, 0.15) is 78.1 Å². The van der Waals surface area contributed by atoms with E-state index in [9.17, 15) is 10.4 Å². The van der Waals surface area contributed by atoms with Crippen LogP contribution >= 0.6 is 0 Å². The summed E-state index contributed by atoms with van der Waals surface area (Å²) in [5.41, 5.74) is -1.19. The fourth-order valence-corrected chi connectivity index (χ4v) is 4.55. The van der Waals surface area contributed by atoms with Crippen LogP contribution in [0.4, 0.5) is 0 Å². The lowest BCUT2D eigenvalue weighted by molar-refractivity contribution is -0.135. The molecule has 2 rings (SSSR count). The summed E-state index contributed by atoms with van der Waals surface area (Å²) in [5.74, 6) is 1.07. The standard InChI is InChI=1S/C17H29NO/c1-3-6-15-8-11-16(13-18,12-9-15)17(19)10-5-4-7-14(17)2/h14-15,19H,3-12H2,1-2H3. The van der Waals surface area contributed by atoms with Gasteiger partial charge < -0.3 is 5.11 Å². The Balaban J connectivity index is 2.13. The van der Waals surface area contributed by atoms with E-state index in [-0.39, 0.29) is 5.92 Å². The van der Waals surface area contributed by atoms with Crippen LogP contribution in [0.15, 0.2) is 0 Å². The molecule has 0 heterocycles. The van der Waals surface area contributed by atoms with E-state index in [1.807, 2.05) is 0 Å². The van der Waals surface area contributed by atoms with Gasteiger partial charge in [0.05, 0.1) is 17.1 Å². The molecule has 0 aliphatic heterocycles. The fraction of sp³-hybridized carbons (Fsp3) is 0.941. The van der Waals surface area contributed by atoms with E-state index in [0.717, 1.165) is 50.9 Å². The van der Waals surface area contributed by atoms with Gasteiger partial charge in [-0.15, -0.1) is 0 Å². The molecule has 0 aromatic heterocycles. The van der Waals surface area contributed by atoms with E-state index < -0.39 is 11.0 Å². The van der Waals surface area contributed by atoms with Crippen LogP contribution in [0.25, 0.3) is 0 Å². The van der Waals surface area contributed by atoms with E-state index >= 15 is 0 Å². The van der Waals surface area contributed by atoms with E-state index in [1.54, 1.807) is 0 Å². The summed E-state index contributed by atoms with van der Waals surface area (Å²) >= 11 is 0. The second-order valence-electron chi connectivity index (χ2n) is 7.00. The molecule has 2 unspecified atom stereocenters. The van der Waals surface area contributed by atoms with Gasteiger partial charge in [-0.2, -0.15) is 5.26 Å². The number of hydrogen-bond acceptors (Lipinski definition) is 2. The maximum Gasteiger partial charge on any atom is 0.0863 e. The van der Waals surface area contributed by atoms with Gasteiger partial charge in [0.2, 0.25) is 0 Å². The molecule has 2 saturated carbocycles. The van der Waals surface area contributed by atoms with Crippen molar-refractivity contribution < 1.29 is 5.11 Å². The highest BCUT2D eigenvalue weighted by molar-refractivity contribution is 5.15. The van der Waals surface area contributed by atoms with Gasteiger partial charge in [0.25, 0.3) is 0 Å². The van der Waals surface area contributed by atoms with E-state index in [2.05, 4.69) is 19.9 Å². The van der Waals surface area contributed by atoms with Crippen LogP contribution in [0, 0.1) is 28.6 Å². The summed E-state index contributed by atoms with van der Waals surface area (Å²) in [6.45, 7) is 4.39. The SMILES string of the molecule is CCCC1CCC(C#N)(C2(O)CCCCC2C)CC1. The molecule has 19 heavy (non-hydrogen) atoms. The van der Waals surface area contributed by atoms with Crippen LogP contribution in [-0.2, 0) is 0 Å². The third-order valence-corrected chi connectivity index (χ3v) is 5.96. The van der Waals surface area contributed by atoms with Gasteiger partial charge in [0.15, 0.2) is 0 Å². The Kier molecular flexibility index (Phi) is 4.56. The van der Waals surface area contributed by atoms with Crippen molar-refractivity contribution in [2.75, 3.05) is 0 Å². The Morgan fingerprint density at radius 3 is 2.37 bits per heavy atom. The monoisotopic (exact) mass is 263 g/mol. The average Bonchev–Trinajstić information content (AvgIpc) is 2.43. The second-order valence-corrected chi connectivity index (χ2v) is 7.00. The van der Waals surface area contributed by atoms with Gasteiger partial charge in [0.1, 0.15) is 0 Å². The van der Waals surface area contributed by atoms with Gasteiger partial charge in [-0.05, 0) is 50.4 Å². The molecule has 0 aromatic rings. The Morgan fingerprint density at radius 2 is 1.84 bits per heavy atom. The van der Waals surface area contributed by atoms with Gasteiger partial charge in [0, 0.05) is 0 Å². The van der Waals surface area contributed by atoms with Crippen molar-refractivity contribution in [2.45, 2.75) is 83.7 Å². The first-order chi connectivity index (χ1) is 9.08. The molecule has 0 radical (unpaired) electrons. The van der Waals surface area contributed by atoms with E-state index in [4.69, 9.17) is 0 Å². The lowest BCUT2D eigenvalue weighted by atomic mass is 9.55. The van der Waals surface area contributed by atoms with Crippen molar-refractivity contribution >= 4 is 0 Å². The minimum absolute atomic E-state index is 0.281. The van der Waals surface area contributed by atoms with Crippen LogP contribution in [-0.4, -0.2) is 10.7 Å². The van der Waals surface area contributed by atoms with Crippen LogP contribution in [0.5, 0.6) is 0 Å². The third kappa shape index (κ3) is 2.55. The van der Waals surface area contributed by atoms with Gasteiger partial charge in [-0.3, -0.25) is 0 Å². The minimum Gasteiger partial charge on any atom is -0.388 e. The highest BCUT2D eigenvalue weighted by Gasteiger charge is 2.55. The van der Waals surface area contributed by atoms with Gasteiger partial charge in [-0.25, -0.2) is 0 Å². The smallest absolute Gasteiger partial charge is 0.0863 e. The lowest BCUT2D eigenvalue weighted by Crippen LogP contribution is -2.55. The van der Waals surface area contributed by atoms with Crippen molar-refractivity contribution in [1.82, 2.24) is 0 Å². The van der Waals surface area contributed by atoms with Crippen molar-refractivity contribution in [3.63, 3.8) is 0 Å². The largest absolute Gasteiger partial charge is 0.388 e. The molecule has 2 aliphatic carbocycles. The maximum absolute atomic E-state index is 11.2. The molecule has 108 valence electrons. The Bertz CT molecular complexity index is 338. The number of rotatable bonds is 3. The van der Waals surface area contributed by atoms with Crippen LogP contribution in [0.2, 0.25) is 0 Å². The first-order valence-electron chi connectivity index (χ1n) is 8.21. The van der Waals surface area contributed by atoms with Crippen molar-refractivity contribution in [1.29, 1.82) is 5.26 Å². The van der Waals surface area contributed by atoms with Crippen LogP contribution < -0.4 is 0 Å². The molecule has 0 aromatic carbocycles. The van der Waals surface area contributed by atoms with Crippen LogP contribution in [0.3, 0.4) is 0 Å². The first kappa shape index (κ1) is 14.9. The summed E-state index contributed by atoms with van der Waals surface area (Å²) in [6, 6.07) is 2.57. The molecule has 1 N–H and O–H groups in total. The number of hydrogen-bond donors (Lipinski definition) is 1. The molecule has 0 spiro atoms. The molecule has 2 fully saturated rings. The first-order valence-corrected chi connectivity index (χ1v) is 8.21. The predicted molar refractivity (Wildman–Crippen MR) is 77.5 cm³/mol. The third-order valence-electron chi connectivity index (χ3n) is 5.96. The van der Waals surface area contributed by atoms with E-state index in [0.29, 0.717) is 0 Å². The summed E-state index contributed by atoms with van der Waals surface area (Å²) in [4.78, 5) is 0. The number of nitriles is 1. The summed E-state index contributed by atoms with van der Waals surface area (Å²) in [7, 11) is 0. The van der Waals surface area contributed by atoms with E-state index in [1.165, 1.54) is 19.3 Å². The van der Waals surface area contributed by atoms with Crippen molar-refractivity contribution in [3.8, 4) is 6.07 Å². The Morgan fingerprint density at radius 1 is 1.16 bits per heavy atom. The normalized spacial score (nSPS) is 43.7. The summed E-state index contributed by atoms with van der Waals surface area (Å²) < 4.78 is 0. The number of aliphatic hydroxyl groups is 1. The molecule has 2 nitrogen and oxygen atoms in total. The van der Waals surface area contributed by atoms with Gasteiger partial charge in [-0.1, -0.05) is 39.5 Å². The second kappa shape index (κ2) is 5.83. The highest BCUT2D eigenvalue weighted by atomic mass is 16.3. The zero-order valence-corrected chi connectivity index (χ0v) is 12.6. The number of nitrogens with zero attached hydrogens (tertiary/aromatic N) is 1. The lowest BCUT2D eigenvalue weighted by Gasteiger charge is -2.51. The molecule has 2 atom stereocenters. The molecule has 0 amide bonds. The molecule has 2 aliphatic rings. The molecule has 0 bridgehead atoms. The van der Waals surface area contributed by atoms with Gasteiger partial charge >= 0.3 is 0 Å². The Labute approximate surface area is 118 Å². The highest BCUT2D eigenvalue weighted by Crippen LogP contribution is 2.54. The zero-order chi connectivity index (χ0) is 13.9. The topological polar surface area (TPSA) is 44.0 Å². The molecular weight excluding hydrogens is 234 g/mol. The quantitative estimate of drug-likeness (QED) is 0.818. The zero-order valence-electron chi connectivity index (χ0n) is 12.6. The van der Waals surface area contributed by atoms with Crippen molar-refractivity contribution in [2.24, 2.45) is 17.3 Å². The molecular formula is C17H29NO. The summed E-state index contributed by atoms with van der Waals surface area (Å²) in [6.07, 6.45) is 10.8. The average molecular weight is 263 g/mol. The maximum atomic E-state index is 11.2. The minimum atomic E-state index is -0.725. The molecule has 0 saturated heterocycles.